The van der Waals surface area contributed by atoms with E-state index < -0.39 is 0 Å². The van der Waals surface area contributed by atoms with E-state index in [1.54, 1.807) is 0 Å². The Morgan fingerprint density at radius 3 is 2.64 bits per heavy atom. The lowest BCUT2D eigenvalue weighted by Crippen LogP contribution is -2.32. The molecule has 3 heteroatoms. The van der Waals surface area contributed by atoms with E-state index in [0.717, 1.165) is 26.1 Å². The highest BCUT2D eigenvalue weighted by molar-refractivity contribution is 5.76. The highest BCUT2D eigenvalue weighted by Gasteiger charge is 2.16. The van der Waals surface area contributed by atoms with Crippen molar-refractivity contribution >= 4 is 5.91 Å². The summed E-state index contributed by atoms with van der Waals surface area (Å²) in [5, 5.41) is 3.42. The molecule has 1 saturated heterocycles. The molecule has 0 radical (unpaired) electrons. The van der Waals surface area contributed by atoms with Crippen LogP contribution in [0.15, 0.2) is 0 Å². The summed E-state index contributed by atoms with van der Waals surface area (Å²) in [6.07, 6.45) is 4.23. The lowest BCUT2D eigenvalue weighted by molar-refractivity contribution is -0.131. The predicted molar refractivity (Wildman–Crippen MR) is 58.2 cm³/mol. The fraction of sp³-hybridized carbons (Fsp3) is 0.909. The van der Waals surface area contributed by atoms with Crippen molar-refractivity contribution in [3.63, 3.8) is 0 Å². The Morgan fingerprint density at radius 1 is 1.43 bits per heavy atom. The van der Waals surface area contributed by atoms with Crippen LogP contribution < -0.4 is 5.32 Å². The average Bonchev–Trinajstić information content (AvgIpc) is 2.69. The van der Waals surface area contributed by atoms with Crippen LogP contribution >= 0.6 is 0 Å². The first-order valence-corrected chi connectivity index (χ1v) is 5.79. The first kappa shape index (κ1) is 11.5. The van der Waals surface area contributed by atoms with Crippen molar-refractivity contribution in [3.05, 3.63) is 0 Å². The molecule has 1 fully saturated rings. The van der Waals surface area contributed by atoms with Gasteiger partial charge in [0.05, 0.1) is 0 Å². The number of rotatable bonds is 5. The zero-order valence-electron chi connectivity index (χ0n) is 9.38. The van der Waals surface area contributed by atoms with Crippen molar-refractivity contribution in [1.29, 1.82) is 0 Å². The van der Waals surface area contributed by atoms with Gasteiger partial charge in [0.25, 0.3) is 0 Å². The van der Waals surface area contributed by atoms with Gasteiger partial charge in [-0.3, -0.25) is 4.79 Å². The average molecular weight is 198 g/mol. The molecule has 0 aromatic carbocycles. The van der Waals surface area contributed by atoms with Crippen molar-refractivity contribution < 1.29 is 4.79 Å². The minimum atomic E-state index is 0.309. The van der Waals surface area contributed by atoms with E-state index in [4.69, 9.17) is 0 Å². The molecule has 1 aliphatic heterocycles. The highest BCUT2D eigenvalue weighted by atomic mass is 16.2. The molecule has 1 N–H and O–H groups in total. The molecule has 0 aliphatic carbocycles. The molecule has 1 atom stereocenters. The van der Waals surface area contributed by atoms with Gasteiger partial charge in [0.1, 0.15) is 0 Å². The minimum Gasteiger partial charge on any atom is -0.343 e. The Kier molecular flexibility index (Phi) is 4.94. The van der Waals surface area contributed by atoms with Crippen molar-refractivity contribution in [2.45, 2.75) is 45.6 Å². The molecule has 1 aliphatic rings. The van der Waals surface area contributed by atoms with Crippen LogP contribution in [0.4, 0.5) is 0 Å². The van der Waals surface area contributed by atoms with Gasteiger partial charge in [-0.1, -0.05) is 0 Å². The topological polar surface area (TPSA) is 32.3 Å². The third-order valence-electron chi connectivity index (χ3n) is 2.99. The zero-order chi connectivity index (χ0) is 10.4. The van der Waals surface area contributed by atoms with E-state index in [9.17, 15) is 4.79 Å². The van der Waals surface area contributed by atoms with E-state index in [0.29, 0.717) is 18.4 Å². The zero-order valence-corrected chi connectivity index (χ0v) is 9.38. The van der Waals surface area contributed by atoms with Gasteiger partial charge in [-0.05, 0) is 39.7 Å². The van der Waals surface area contributed by atoms with Crippen molar-refractivity contribution in [2.75, 3.05) is 19.6 Å². The van der Waals surface area contributed by atoms with E-state index >= 15 is 0 Å². The smallest absolute Gasteiger partial charge is 0.222 e. The first-order valence-electron chi connectivity index (χ1n) is 5.79. The van der Waals surface area contributed by atoms with Gasteiger partial charge in [-0.15, -0.1) is 0 Å². The maximum Gasteiger partial charge on any atom is 0.222 e. The normalized spacial score (nSPS) is 21.1. The van der Waals surface area contributed by atoms with Crippen LogP contribution in [0.3, 0.4) is 0 Å². The van der Waals surface area contributed by atoms with Crippen LogP contribution in [0.5, 0.6) is 0 Å². The van der Waals surface area contributed by atoms with Gasteiger partial charge in [0.2, 0.25) is 5.91 Å². The maximum atomic E-state index is 11.7. The summed E-state index contributed by atoms with van der Waals surface area (Å²) in [5.41, 5.74) is 0. The van der Waals surface area contributed by atoms with E-state index in [2.05, 4.69) is 5.32 Å². The molecule has 0 aromatic rings. The number of carbonyl (C=O) groups is 1. The summed E-state index contributed by atoms with van der Waals surface area (Å²) in [5.74, 6) is 0.309. The Balaban J connectivity index is 2.18. The number of hydrogen-bond donors (Lipinski definition) is 1. The Labute approximate surface area is 86.9 Å². The summed E-state index contributed by atoms with van der Waals surface area (Å²) in [6.45, 7) is 6.88. The minimum absolute atomic E-state index is 0.309. The summed E-state index contributed by atoms with van der Waals surface area (Å²) in [6, 6.07) is 0.592. The number of nitrogens with one attached hydrogen (secondary N) is 1. The third kappa shape index (κ3) is 3.29. The van der Waals surface area contributed by atoms with Crippen molar-refractivity contribution in [1.82, 2.24) is 10.2 Å². The molecule has 0 aromatic heterocycles. The lowest BCUT2D eigenvalue weighted by atomic mass is 10.1. The fourth-order valence-corrected chi connectivity index (χ4v) is 2.04. The number of nitrogens with zero attached hydrogens (tertiary/aromatic N) is 1. The highest BCUT2D eigenvalue weighted by Crippen LogP contribution is 2.11. The van der Waals surface area contributed by atoms with Crippen molar-refractivity contribution in [3.8, 4) is 0 Å². The SMILES string of the molecule is CCN(CC)C(=O)CC[C@H]1CCCN1. The summed E-state index contributed by atoms with van der Waals surface area (Å²) in [4.78, 5) is 13.6. The third-order valence-corrected chi connectivity index (χ3v) is 2.99. The molecule has 1 rings (SSSR count). The van der Waals surface area contributed by atoms with Gasteiger partial charge >= 0.3 is 0 Å². The van der Waals surface area contributed by atoms with Crippen LogP contribution in [0.25, 0.3) is 0 Å². The Morgan fingerprint density at radius 2 is 2.14 bits per heavy atom. The van der Waals surface area contributed by atoms with E-state index in [1.165, 1.54) is 12.8 Å². The van der Waals surface area contributed by atoms with E-state index in [-0.39, 0.29) is 0 Å². The maximum absolute atomic E-state index is 11.7. The standard InChI is InChI=1S/C11H22N2O/c1-3-13(4-2)11(14)8-7-10-6-5-9-12-10/h10,12H,3-9H2,1-2H3/t10-/m1/s1. The second-order valence-corrected chi connectivity index (χ2v) is 3.90. The van der Waals surface area contributed by atoms with Crippen LogP contribution in [0.2, 0.25) is 0 Å². The van der Waals surface area contributed by atoms with Gasteiger partial charge in [0.15, 0.2) is 0 Å². The molecule has 1 heterocycles. The number of carbonyl (C=O) groups excluding carboxylic acids is 1. The van der Waals surface area contributed by atoms with Crippen LogP contribution in [0.1, 0.15) is 39.5 Å². The monoisotopic (exact) mass is 198 g/mol. The van der Waals surface area contributed by atoms with Gasteiger partial charge < -0.3 is 10.2 Å². The molecule has 0 saturated carbocycles. The molecule has 3 nitrogen and oxygen atoms in total. The molecule has 14 heavy (non-hydrogen) atoms. The second-order valence-electron chi connectivity index (χ2n) is 3.90. The van der Waals surface area contributed by atoms with Gasteiger partial charge in [-0.25, -0.2) is 0 Å². The van der Waals surface area contributed by atoms with Gasteiger partial charge in [-0.2, -0.15) is 0 Å². The molecule has 0 spiro atoms. The second kappa shape index (κ2) is 6.02. The van der Waals surface area contributed by atoms with E-state index in [1.807, 2.05) is 18.7 Å². The fourth-order valence-electron chi connectivity index (χ4n) is 2.04. The summed E-state index contributed by atoms with van der Waals surface area (Å²) >= 11 is 0. The lowest BCUT2D eigenvalue weighted by Gasteiger charge is -2.19. The van der Waals surface area contributed by atoms with Gasteiger partial charge in [0, 0.05) is 25.6 Å². The van der Waals surface area contributed by atoms with Crippen LogP contribution in [0, 0.1) is 0 Å². The molecular weight excluding hydrogens is 176 g/mol. The molecule has 0 bridgehead atoms. The van der Waals surface area contributed by atoms with Crippen LogP contribution in [-0.4, -0.2) is 36.5 Å². The molecule has 0 unspecified atom stereocenters. The van der Waals surface area contributed by atoms with Crippen molar-refractivity contribution in [2.24, 2.45) is 0 Å². The molecular formula is C11H22N2O. The number of hydrogen-bond acceptors (Lipinski definition) is 2. The first-order chi connectivity index (χ1) is 6.77. The largest absolute Gasteiger partial charge is 0.343 e. The summed E-state index contributed by atoms with van der Waals surface area (Å²) in [7, 11) is 0. The number of amides is 1. The Hall–Kier alpha value is -0.570. The molecule has 82 valence electrons. The predicted octanol–water partition coefficient (Wildman–Crippen LogP) is 1.39. The quantitative estimate of drug-likeness (QED) is 0.724. The molecule has 1 amide bonds. The van der Waals surface area contributed by atoms with Crippen LogP contribution in [-0.2, 0) is 4.79 Å². The Bertz CT molecular complexity index is 172. The summed E-state index contributed by atoms with van der Waals surface area (Å²) < 4.78 is 0.